The first-order valence-electron chi connectivity index (χ1n) is 11.5. The molecule has 1 atom stereocenters. The van der Waals surface area contributed by atoms with Crippen LogP contribution >= 0.6 is 12.6 Å². The summed E-state index contributed by atoms with van der Waals surface area (Å²) in [5, 5.41) is 12.4. The maximum absolute atomic E-state index is 13.5. The van der Waals surface area contributed by atoms with Crippen LogP contribution in [0.3, 0.4) is 0 Å². The van der Waals surface area contributed by atoms with Gasteiger partial charge in [0.2, 0.25) is 0 Å². The van der Waals surface area contributed by atoms with Crippen LogP contribution in [-0.2, 0) is 22.6 Å². The van der Waals surface area contributed by atoms with E-state index in [1.807, 2.05) is 34.9 Å². The highest BCUT2D eigenvalue weighted by Crippen LogP contribution is 2.35. The molecule has 0 bridgehead atoms. The standard InChI is InChI=1S/C25H34N4O5S/c1-23(2,3)25(35,21(31)32)27-20(30)18-17-15-28(22(33)34-24(4,5)6)13-10-14-29(17)19(26-18)16-11-8-7-9-12-16/h7-9,11-12,35H,10,13-15H2,1-6H3,(H,27,30)(H,31,32)/t25-/m1/s1. The van der Waals surface area contributed by atoms with Crippen molar-refractivity contribution in [3.63, 3.8) is 0 Å². The first-order valence-corrected chi connectivity index (χ1v) is 12.0. The van der Waals surface area contributed by atoms with Gasteiger partial charge in [-0.25, -0.2) is 14.6 Å². The molecule has 2 aromatic rings. The van der Waals surface area contributed by atoms with Gasteiger partial charge in [-0.2, -0.15) is 0 Å². The van der Waals surface area contributed by atoms with Crippen LogP contribution < -0.4 is 5.32 Å². The molecule has 3 rings (SSSR count). The quantitative estimate of drug-likeness (QED) is 0.427. The summed E-state index contributed by atoms with van der Waals surface area (Å²) in [5.74, 6) is -1.37. The Morgan fingerprint density at radius 1 is 1.06 bits per heavy atom. The van der Waals surface area contributed by atoms with E-state index in [4.69, 9.17) is 4.74 Å². The number of carboxylic acid groups (broad SMARTS) is 1. The van der Waals surface area contributed by atoms with Crippen LogP contribution in [0, 0.1) is 5.41 Å². The minimum atomic E-state index is -1.84. The first-order chi connectivity index (χ1) is 16.1. The second-order valence-corrected chi connectivity index (χ2v) is 11.4. The number of aromatic nitrogens is 2. The van der Waals surface area contributed by atoms with Gasteiger partial charge >= 0.3 is 12.1 Å². The number of carbonyl (C=O) groups excluding carboxylic acids is 2. The van der Waals surface area contributed by atoms with E-state index in [1.54, 1.807) is 46.4 Å². The molecule has 1 aromatic heterocycles. The summed E-state index contributed by atoms with van der Waals surface area (Å²) in [4.78, 5) is 42.8. The van der Waals surface area contributed by atoms with E-state index in [2.05, 4.69) is 22.9 Å². The van der Waals surface area contributed by atoms with Crippen molar-refractivity contribution < 1.29 is 24.2 Å². The van der Waals surface area contributed by atoms with E-state index in [0.29, 0.717) is 31.0 Å². The second-order valence-electron chi connectivity index (χ2n) is 10.7. The number of imidazole rings is 1. The van der Waals surface area contributed by atoms with Crippen LogP contribution in [0.25, 0.3) is 11.4 Å². The third-order valence-corrected chi connectivity index (χ3v) is 6.78. The van der Waals surface area contributed by atoms with Gasteiger partial charge in [0.05, 0.1) is 12.2 Å². The Kier molecular flexibility index (Phi) is 7.26. The van der Waals surface area contributed by atoms with Crippen molar-refractivity contribution in [3.8, 4) is 11.4 Å². The molecule has 0 saturated heterocycles. The molecule has 35 heavy (non-hydrogen) atoms. The summed E-state index contributed by atoms with van der Waals surface area (Å²) in [6.45, 7) is 11.5. The average Bonchev–Trinajstić information content (AvgIpc) is 2.95. The van der Waals surface area contributed by atoms with Gasteiger partial charge in [-0.05, 0) is 27.2 Å². The Balaban J connectivity index is 2.08. The Bertz CT molecular complexity index is 1120. The molecule has 0 saturated carbocycles. The summed E-state index contributed by atoms with van der Waals surface area (Å²) in [6.07, 6.45) is 0.153. The lowest BCUT2D eigenvalue weighted by atomic mass is 9.85. The number of aliphatic carboxylic acids is 1. The Hall–Kier alpha value is -3.01. The zero-order valence-corrected chi connectivity index (χ0v) is 22.0. The second kappa shape index (κ2) is 9.56. The van der Waals surface area contributed by atoms with Crippen LogP contribution in [0.4, 0.5) is 4.79 Å². The molecule has 10 heteroatoms. The Morgan fingerprint density at radius 2 is 1.69 bits per heavy atom. The molecule has 2 heterocycles. The van der Waals surface area contributed by atoms with E-state index >= 15 is 0 Å². The molecule has 0 radical (unpaired) electrons. The lowest BCUT2D eigenvalue weighted by Gasteiger charge is -2.37. The lowest BCUT2D eigenvalue weighted by molar-refractivity contribution is -0.143. The fraction of sp³-hybridized carbons (Fsp3) is 0.520. The van der Waals surface area contributed by atoms with Gasteiger partial charge in [0.15, 0.2) is 10.6 Å². The van der Waals surface area contributed by atoms with Gasteiger partial charge in [0.1, 0.15) is 11.4 Å². The highest BCUT2D eigenvalue weighted by Gasteiger charge is 2.48. The van der Waals surface area contributed by atoms with Gasteiger partial charge in [0, 0.05) is 24.1 Å². The molecular formula is C25H34N4O5S. The van der Waals surface area contributed by atoms with Gasteiger partial charge < -0.3 is 24.6 Å². The molecule has 1 aliphatic rings. The molecule has 2 amide bonds. The number of ether oxygens (including phenoxy) is 1. The minimum absolute atomic E-state index is 0.0586. The van der Waals surface area contributed by atoms with E-state index in [9.17, 15) is 19.5 Å². The third-order valence-electron chi connectivity index (χ3n) is 5.81. The van der Waals surface area contributed by atoms with Crippen molar-refractivity contribution in [3.05, 3.63) is 41.7 Å². The van der Waals surface area contributed by atoms with Crippen LogP contribution in [0.2, 0.25) is 0 Å². The molecule has 190 valence electrons. The van der Waals surface area contributed by atoms with Crippen molar-refractivity contribution in [2.75, 3.05) is 6.54 Å². The Morgan fingerprint density at radius 3 is 2.23 bits per heavy atom. The number of carboxylic acids is 1. The zero-order valence-electron chi connectivity index (χ0n) is 21.1. The Labute approximate surface area is 211 Å². The maximum atomic E-state index is 13.5. The van der Waals surface area contributed by atoms with E-state index < -0.39 is 33.9 Å². The van der Waals surface area contributed by atoms with E-state index in [1.165, 1.54) is 0 Å². The van der Waals surface area contributed by atoms with Crippen LogP contribution in [0.1, 0.15) is 64.1 Å². The summed E-state index contributed by atoms with van der Waals surface area (Å²) in [5.41, 5.74) is -0.189. The smallest absolute Gasteiger partial charge is 0.410 e. The fourth-order valence-electron chi connectivity index (χ4n) is 3.82. The molecular weight excluding hydrogens is 468 g/mol. The van der Waals surface area contributed by atoms with Gasteiger partial charge in [0.25, 0.3) is 5.91 Å². The molecule has 0 spiro atoms. The molecule has 0 unspecified atom stereocenters. The summed E-state index contributed by atoms with van der Waals surface area (Å²) in [7, 11) is 0. The molecule has 0 fully saturated rings. The number of nitrogens with zero attached hydrogens (tertiary/aromatic N) is 3. The fourth-order valence-corrected chi connectivity index (χ4v) is 3.93. The normalized spacial score (nSPS) is 16.0. The summed E-state index contributed by atoms with van der Waals surface area (Å²) in [6, 6.07) is 9.43. The van der Waals surface area contributed by atoms with Crippen LogP contribution in [0.15, 0.2) is 30.3 Å². The highest BCUT2D eigenvalue weighted by molar-refractivity contribution is 7.82. The minimum Gasteiger partial charge on any atom is -0.479 e. The topological polar surface area (TPSA) is 114 Å². The summed E-state index contributed by atoms with van der Waals surface area (Å²) >= 11 is 4.35. The number of hydrogen-bond acceptors (Lipinski definition) is 6. The molecule has 0 aliphatic carbocycles. The summed E-state index contributed by atoms with van der Waals surface area (Å²) < 4.78 is 7.49. The first kappa shape index (κ1) is 26.6. The molecule has 2 N–H and O–H groups in total. The lowest BCUT2D eigenvalue weighted by Crippen LogP contribution is -2.58. The van der Waals surface area contributed by atoms with E-state index in [0.717, 1.165) is 5.56 Å². The number of thiol groups is 1. The average molecular weight is 503 g/mol. The predicted molar refractivity (Wildman–Crippen MR) is 135 cm³/mol. The number of fused-ring (bicyclic) bond motifs is 1. The molecule has 1 aromatic carbocycles. The van der Waals surface area contributed by atoms with Gasteiger partial charge in [-0.15, -0.1) is 12.6 Å². The number of benzene rings is 1. The van der Waals surface area contributed by atoms with Crippen molar-refractivity contribution in [1.82, 2.24) is 19.8 Å². The third kappa shape index (κ3) is 5.63. The number of amides is 2. The SMILES string of the molecule is CC(C)(C)OC(=O)N1CCCn2c(-c3ccccc3)nc(C(=O)N[C@@](S)(C(=O)O)C(C)(C)C)c2C1. The van der Waals surface area contributed by atoms with Crippen LogP contribution in [0.5, 0.6) is 0 Å². The molecule has 1 aliphatic heterocycles. The van der Waals surface area contributed by atoms with Crippen LogP contribution in [-0.4, -0.2) is 54.5 Å². The number of rotatable bonds is 4. The maximum Gasteiger partial charge on any atom is 0.410 e. The van der Waals surface area contributed by atoms with Gasteiger partial charge in [-0.1, -0.05) is 51.1 Å². The van der Waals surface area contributed by atoms with Gasteiger partial charge in [-0.3, -0.25) is 4.79 Å². The van der Waals surface area contributed by atoms with E-state index in [-0.39, 0.29) is 12.2 Å². The largest absolute Gasteiger partial charge is 0.479 e. The van der Waals surface area contributed by atoms with Crippen molar-refractivity contribution in [2.45, 2.75) is 71.5 Å². The molecule has 9 nitrogen and oxygen atoms in total. The van der Waals surface area contributed by atoms with Crippen molar-refractivity contribution >= 4 is 30.6 Å². The number of carbonyl (C=O) groups is 3. The monoisotopic (exact) mass is 502 g/mol. The zero-order chi connectivity index (χ0) is 26.2. The number of nitrogens with one attached hydrogen (secondary N) is 1. The number of hydrogen-bond donors (Lipinski definition) is 3. The predicted octanol–water partition coefficient (Wildman–Crippen LogP) is 4.18. The highest BCUT2D eigenvalue weighted by atomic mass is 32.1. The van der Waals surface area contributed by atoms with Crippen molar-refractivity contribution in [1.29, 1.82) is 0 Å². The van der Waals surface area contributed by atoms with Crippen molar-refractivity contribution in [2.24, 2.45) is 5.41 Å².